The first-order valence-electron chi connectivity index (χ1n) is 9.74. The van der Waals surface area contributed by atoms with Gasteiger partial charge in [0.2, 0.25) is 6.29 Å². The van der Waals surface area contributed by atoms with E-state index in [2.05, 4.69) is 18.7 Å². The van der Waals surface area contributed by atoms with Crippen LogP contribution in [0.3, 0.4) is 0 Å². The van der Waals surface area contributed by atoms with Crippen molar-refractivity contribution in [1.82, 2.24) is 0 Å². The van der Waals surface area contributed by atoms with E-state index in [4.69, 9.17) is 20.0 Å². The minimum atomic E-state index is -1.11. The number of nitrogens with zero attached hydrogens (tertiary/aromatic N) is 3. The van der Waals surface area contributed by atoms with Gasteiger partial charge in [0.15, 0.2) is 0 Å². The predicted octanol–water partition coefficient (Wildman–Crippen LogP) is 4.34. The van der Waals surface area contributed by atoms with Crippen molar-refractivity contribution in [2.75, 3.05) is 18.0 Å². The molecule has 2 heterocycles. The molecule has 1 unspecified atom stereocenters. The van der Waals surface area contributed by atoms with Gasteiger partial charge in [0.05, 0.1) is 0 Å². The highest BCUT2D eigenvalue weighted by atomic mass is 16.6. The van der Waals surface area contributed by atoms with Gasteiger partial charge in [-0.05, 0) is 63.3 Å². The maximum atomic E-state index is 10.4. The van der Waals surface area contributed by atoms with E-state index in [1.54, 1.807) is 31.2 Å². The van der Waals surface area contributed by atoms with Crippen molar-refractivity contribution < 1.29 is 14.6 Å². The maximum Gasteiger partial charge on any atom is 0.224 e. The number of benzene rings is 1. The average Bonchev–Trinajstić information content (AvgIpc) is 2.73. The molecular formula is C24H23N3O3. The zero-order valence-corrected chi connectivity index (χ0v) is 17.2. The SMILES string of the molecule is CCN(CC)c1ccc2c(c1)OC(O)C(/C=C/C1=CC(=C(C#N)C#N)C=C(C)O1)=C2. The Hall–Kier alpha value is -3.74. The molecule has 152 valence electrons. The largest absolute Gasteiger partial charge is 0.462 e. The van der Waals surface area contributed by atoms with Gasteiger partial charge in [0.1, 0.15) is 35.0 Å². The lowest BCUT2D eigenvalue weighted by atomic mass is 10.0. The Morgan fingerprint density at radius 1 is 1.13 bits per heavy atom. The summed E-state index contributed by atoms with van der Waals surface area (Å²) >= 11 is 0. The van der Waals surface area contributed by atoms with Gasteiger partial charge in [-0.25, -0.2) is 0 Å². The van der Waals surface area contributed by atoms with E-state index in [-0.39, 0.29) is 5.57 Å². The summed E-state index contributed by atoms with van der Waals surface area (Å²) in [7, 11) is 0. The normalized spacial score (nSPS) is 17.5. The van der Waals surface area contributed by atoms with Crippen LogP contribution in [0.4, 0.5) is 5.69 Å². The second kappa shape index (κ2) is 9.17. The maximum absolute atomic E-state index is 10.4. The quantitative estimate of drug-likeness (QED) is 0.738. The van der Waals surface area contributed by atoms with E-state index >= 15 is 0 Å². The fourth-order valence-corrected chi connectivity index (χ4v) is 3.32. The number of allylic oxidation sites excluding steroid dienone is 6. The van der Waals surface area contributed by atoms with E-state index in [1.807, 2.05) is 36.4 Å². The summed E-state index contributed by atoms with van der Waals surface area (Å²) in [5.74, 6) is 1.66. The molecule has 0 bridgehead atoms. The third kappa shape index (κ3) is 4.46. The first-order valence-corrected chi connectivity index (χ1v) is 9.74. The second-order valence-electron chi connectivity index (χ2n) is 6.80. The third-order valence-corrected chi connectivity index (χ3v) is 4.86. The molecule has 6 nitrogen and oxygen atoms in total. The van der Waals surface area contributed by atoms with Gasteiger partial charge in [-0.2, -0.15) is 10.5 Å². The Morgan fingerprint density at radius 2 is 1.87 bits per heavy atom. The number of aliphatic hydroxyl groups is 1. The minimum absolute atomic E-state index is 0.0155. The Labute approximate surface area is 176 Å². The van der Waals surface area contributed by atoms with E-state index in [9.17, 15) is 5.11 Å². The summed E-state index contributed by atoms with van der Waals surface area (Å²) in [6, 6.07) is 9.71. The molecule has 0 saturated carbocycles. The summed E-state index contributed by atoms with van der Waals surface area (Å²) < 4.78 is 11.4. The van der Waals surface area contributed by atoms with Crippen molar-refractivity contribution in [3.05, 3.63) is 76.3 Å². The van der Waals surface area contributed by atoms with E-state index in [0.29, 0.717) is 28.4 Å². The van der Waals surface area contributed by atoms with Crippen molar-refractivity contribution >= 4 is 11.8 Å². The third-order valence-electron chi connectivity index (χ3n) is 4.86. The van der Waals surface area contributed by atoms with Crippen molar-refractivity contribution in [2.24, 2.45) is 0 Å². The summed E-state index contributed by atoms with van der Waals surface area (Å²) in [5, 5.41) is 28.6. The van der Waals surface area contributed by atoms with Crippen LogP contribution in [0.25, 0.3) is 6.08 Å². The fourth-order valence-electron chi connectivity index (χ4n) is 3.32. The van der Waals surface area contributed by atoms with Crippen molar-refractivity contribution in [3.8, 4) is 17.9 Å². The van der Waals surface area contributed by atoms with E-state index in [0.717, 1.165) is 24.3 Å². The Kier molecular flexibility index (Phi) is 6.41. The molecule has 1 N–H and O–H groups in total. The average molecular weight is 401 g/mol. The van der Waals surface area contributed by atoms with Gasteiger partial charge < -0.3 is 19.5 Å². The number of rotatable bonds is 5. The van der Waals surface area contributed by atoms with Crippen molar-refractivity contribution in [2.45, 2.75) is 27.1 Å². The van der Waals surface area contributed by atoms with Gasteiger partial charge >= 0.3 is 0 Å². The molecule has 0 spiro atoms. The number of hydrogen-bond acceptors (Lipinski definition) is 6. The standard InChI is InChI=1S/C24H23N3O3/c1-4-27(5-2)21-8-6-17-11-18(24(28)30-23(17)13-21)7-9-22-12-19(10-16(3)29-22)20(14-25)15-26/h6-13,24,28H,4-5H2,1-3H3/b9-7+. The number of anilines is 1. The van der Waals surface area contributed by atoms with Gasteiger partial charge in [0.25, 0.3) is 0 Å². The van der Waals surface area contributed by atoms with Gasteiger partial charge in [0, 0.05) is 41.6 Å². The van der Waals surface area contributed by atoms with E-state index < -0.39 is 6.29 Å². The van der Waals surface area contributed by atoms with Crippen molar-refractivity contribution in [1.29, 1.82) is 10.5 Å². The minimum Gasteiger partial charge on any atom is -0.462 e. The van der Waals surface area contributed by atoms with Crippen molar-refractivity contribution in [3.63, 3.8) is 0 Å². The summed E-state index contributed by atoms with van der Waals surface area (Å²) in [6.07, 6.45) is 7.39. The lowest BCUT2D eigenvalue weighted by Crippen LogP contribution is -2.24. The Bertz CT molecular complexity index is 1060. The molecule has 0 amide bonds. The molecule has 1 atom stereocenters. The smallest absolute Gasteiger partial charge is 0.224 e. The molecule has 30 heavy (non-hydrogen) atoms. The monoisotopic (exact) mass is 401 g/mol. The molecule has 0 saturated heterocycles. The van der Waals surface area contributed by atoms with Crippen LogP contribution in [0, 0.1) is 22.7 Å². The molecule has 0 aliphatic carbocycles. The molecule has 0 fully saturated rings. The zero-order valence-electron chi connectivity index (χ0n) is 17.2. The van der Waals surface area contributed by atoms with E-state index in [1.165, 1.54) is 0 Å². The van der Waals surface area contributed by atoms with Gasteiger partial charge in [-0.15, -0.1) is 0 Å². The lowest BCUT2D eigenvalue weighted by Gasteiger charge is -2.26. The fraction of sp³-hybridized carbons (Fsp3) is 0.250. The van der Waals surface area contributed by atoms with Crippen LogP contribution >= 0.6 is 0 Å². The highest BCUT2D eigenvalue weighted by Gasteiger charge is 2.20. The van der Waals surface area contributed by atoms with Crippen LogP contribution in [0.5, 0.6) is 5.75 Å². The summed E-state index contributed by atoms with van der Waals surface area (Å²) in [5.41, 5.74) is 3.00. The van der Waals surface area contributed by atoms with Crippen LogP contribution in [0.15, 0.2) is 70.7 Å². The molecule has 0 aromatic heterocycles. The van der Waals surface area contributed by atoms with Crippen LogP contribution in [0.1, 0.15) is 26.3 Å². The molecule has 2 aliphatic rings. The lowest BCUT2D eigenvalue weighted by molar-refractivity contribution is 0.0158. The number of hydrogen-bond donors (Lipinski definition) is 1. The number of nitriles is 2. The number of ether oxygens (including phenoxy) is 2. The molecule has 1 aromatic carbocycles. The molecule has 6 heteroatoms. The number of aliphatic hydroxyl groups excluding tert-OH is 1. The molecule has 1 aromatic rings. The summed E-state index contributed by atoms with van der Waals surface area (Å²) in [6.45, 7) is 7.71. The second-order valence-corrected chi connectivity index (χ2v) is 6.80. The first-order chi connectivity index (χ1) is 14.5. The highest BCUT2D eigenvalue weighted by molar-refractivity contribution is 5.69. The Morgan fingerprint density at radius 3 is 2.53 bits per heavy atom. The van der Waals surface area contributed by atoms with Crippen LogP contribution in [0.2, 0.25) is 0 Å². The molecule has 2 aliphatic heterocycles. The highest BCUT2D eigenvalue weighted by Crippen LogP contribution is 2.33. The van der Waals surface area contributed by atoms with Gasteiger partial charge in [-0.1, -0.05) is 0 Å². The topological polar surface area (TPSA) is 89.5 Å². The zero-order chi connectivity index (χ0) is 21.7. The van der Waals surface area contributed by atoms with Crippen LogP contribution in [-0.2, 0) is 4.74 Å². The molecule has 3 rings (SSSR count). The van der Waals surface area contributed by atoms with Crippen LogP contribution in [-0.4, -0.2) is 24.5 Å². The van der Waals surface area contributed by atoms with Gasteiger partial charge in [-0.3, -0.25) is 0 Å². The van der Waals surface area contributed by atoms with Crippen LogP contribution < -0.4 is 9.64 Å². The summed E-state index contributed by atoms with van der Waals surface area (Å²) in [4.78, 5) is 2.21. The molecular weight excluding hydrogens is 378 g/mol. The number of fused-ring (bicyclic) bond motifs is 1. The Balaban J connectivity index is 1.87. The predicted molar refractivity (Wildman–Crippen MR) is 115 cm³/mol. The first kappa shape index (κ1) is 21.0. The molecule has 0 radical (unpaired) electrons.